The lowest BCUT2D eigenvalue weighted by Crippen LogP contribution is -2.31. The highest BCUT2D eigenvalue weighted by Crippen LogP contribution is 2.28. The molecule has 39 heavy (non-hydrogen) atoms. The van der Waals surface area contributed by atoms with Crippen LogP contribution in [0.1, 0.15) is 55.9 Å². The Morgan fingerprint density at radius 1 is 1.21 bits per heavy atom. The molecule has 2 aromatic rings. The molecule has 0 aliphatic carbocycles. The number of anilines is 1. The maximum atomic E-state index is 15.1. The minimum absolute atomic E-state index is 0.0698. The third kappa shape index (κ3) is 7.08. The molecule has 0 saturated heterocycles. The van der Waals surface area contributed by atoms with Gasteiger partial charge < -0.3 is 20.9 Å². The minimum atomic E-state index is -0.953. The summed E-state index contributed by atoms with van der Waals surface area (Å²) in [5.41, 5.74) is 10.7. The van der Waals surface area contributed by atoms with Gasteiger partial charge in [-0.3, -0.25) is 0 Å². The summed E-state index contributed by atoms with van der Waals surface area (Å²) in [6.07, 6.45) is 12.3. The van der Waals surface area contributed by atoms with E-state index in [2.05, 4.69) is 60.6 Å². The normalized spacial score (nSPS) is 14.0. The first-order valence-electron chi connectivity index (χ1n) is 13.4. The van der Waals surface area contributed by atoms with Crippen LogP contribution in [0.25, 0.3) is 11.4 Å². The number of nitrogens with two attached hydrogens (primary N) is 1. The molecule has 7 heteroatoms. The lowest BCUT2D eigenvalue weighted by Gasteiger charge is -2.28. The second kappa shape index (κ2) is 13.7. The smallest absolute Gasteiger partial charge is 0.168 e. The van der Waals surface area contributed by atoms with E-state index in [1.165, 1.54) is 12.3 Å². The first-order valence-corrected chi connectivity index (χ1v) is 13.4. The zero-order valence-corrected chi connectivity index (χ0v) is 23.4. The van der Waals surface area contributed by atoms with Crippen LogP contribution in [0.5, 0.6) is 0 Å². The van der Waals surface area contributed by atoms with Crippen LogP contribution in [-0.4, -0.2) is 35.3 Å². The van der Waals surface area contributed by atoms with Crippen LogP contribution in [0.3, 0.4) is 0 Å². The van der Waals surface area contributed by atoms with Crippen LogP contribution in [-0.2, 0) is 6.42 Å². The van der Waals surface area contributed by atoms with E-state index in [0.29, 0.717) is 18.1 Å². The molecule has 3 rings (SSSR count). The SMILES string of the molecule is C#CC(C)Cc1ccc(/C(=C/N)N2C=CN=C(Nc3ccc(C(=C)N(CCC)CCC)c(C)c3)C2)c(F)c1F. The van der Waals surface area contributed by atoms with E-state index in [1.807, 2.05) is 6.07 Å². The van der Waals surface area contributed by atoms with Crippen molar-refractivity contribution in [1.29, 1.82) is 0 Å². The molecule has 1 aliphatic heterocycles. The maximum absolute atomic E-state index is 15.1. The second-order valence-electron chi connectivity index (χ2n) is 9.81. The van der Waals surface area contributed by atoms with E-state index in [1.54, 1.807) is 30.3 Å². The zero-order chi connectivity index (χ0) is 28.5. The summed E-state index contributed by atoms with van der Waals surface area (Å²) in [4.78, 5) is 8.51. The number of rotatable bonds is 11. The van der Waals surface area contributed by atoms with E-state index in [0.717, 1.165) is 48.4 Å². The van der Waals surface area contributed by atoms with Crippen molar-refractivity contribution >= 4 is 22.9 Å². The standard InChI is InChI=1S/C32H39F2N5/c1-7-15-38(16-8-2)24(6)27-13-11-26(19-23(27)5)37-30-21-39(17-14-36-30)29(20-35)28-12-10-25(18-22(4)9-3)31(33)32(28)34/h3,10-14,17,19-20,22H,6-8,15-16,18,21,35H2,1-2,4-5H3,(H,36,37)/b29-20-. The zero-order valence-electron chi connectivity index (χ0n) is 23.4. The van der Waals surface area contributed by atoms with E-state index in [-0.39, 0.29) is 23.5 Å². The molecule has 2 aromatic carbocycles. The molecule has 1 aliphatic rings. The molecule has 5 nitrogen and oxygen atoms in total. The molecule has 3 N–H and O–H groups in total. The number of halogens is 2. The Bertz CT molecular complexity index is 1310. The number of nitrogens with one attached hydrogen (secondary N) is 1. The van der Waals surface area contributed by atoms with Gasteiger partial charge in [0.2, 0.25) is 0 Å². The number of aliphatic imine (C=N–C) groups is 1. The number of hydrogen-bond acceptors (Lipinski definition) is 5. The summed E-state index contributed by atoms with van der Waals surface area (Å²) in [5, 5.41) is 3.35. The van der Waals surface area contributed by atoms with Gasteiger partial charge in [-0.25, -0.2) is 13.8 Å². The van der Waals surface area contributed by atoms with Crippen molar-refractivity contribution in [3.8, 4) is 12.3 Å². The van der Waals surface area contributed by atoms with Crippen molar-refractivity contribution < 1.29 is 8.78 Å². The van der Waals surface area contributed by atoms with Gasteiger partial charge in [-0.1, -0.05) is 39.5 Å². The van der Waals surface area contributed by atoms with Crippen LogP contribution in [0.4, 0.5) is 14.5 Å². The number of terminal acetylenes is 1. The molecule has 1 atom stereocenters. The van der Waals surface area contributed by atoms with Crippen LogP contribution in [0.15, 0.2) is 60.5 Å². The summed E-state index contributed by atoms with van der Waals surface area (Å²) in [5.74, 6) is 1.13. The third-order valence-electron chi connectivity index (χ3n) is 6.71. The minimum Gasteiger partial charge on any atom is -0.403 e. The van der Waals surface area contributed by atoms with Crippen molar-refractivity contribution in [2.45, 2.75) is 47.0 Å². The van der Waals surface area contributed by atoms with Crippen LogP contribution in [0.2, 0.25) is 0 Å². The number of nitrogens with zero attached hydrogens (tertiary/aromatic N) is 3. The molecular formula is C32H39F2N5. The summed E-state index contributed by atoms with van der Waals surface area (Å²) in [6.45, 7) is 14.8. The summed E-state index contributed by atoms with van der Waals surface area (Å²) >= 11 is 0. The monoisotopic (exact) mass is 531 g/mol. The lowest BCUT2D eigenvalue weighted by molar-refractivity contribution is 0.396. The van der Waals surface area contributed by atoms with Crippen molar-refractivity contribution in [2.24, 2.45) is 16.6 Å². The average Bonchev–Trinajstić information content (AvgIpc) is 2.92. The van der Waals surface area contributed by atoms with Crippen molar-refractivity contribution in [1.82, 2.24) is 9.80 Å². The molecule has 0 aromatic heterocycles. The maximum Gasteiger partial charge on any atom is 0.168 e. The van der Waals surface area contributed by atoms with Gasteiger partial charge in [0.05, 0.1) is 12.2 Å². The first-order chi connectivity index (χ1) is 18.7. The van der Waals surface area contributed by atoms with Gasteiger partial charge in [0.15, 0.2) is 11.6 Å². The quantitative estimate of drug-likeness (QED) is 0.316. The molecular weight excluding hydrogens is 492 g/mol. The van der Waals surface area contributed by atoms with E-state index >= 15 is 4.39 Å². The Kier molecular flexibility index (Phi) is 10.3. The van der Waals surface area contributed by atoms with Gasteiger partial charge in [0, 0.05) is 60.1 Å². The Hall–Kier alpha value is -4.05. The fraction of sp³-hybridized carbons (Fsp3) is 0.344. The predicted molar refractivity (Wildman–Crippen MR) is 159 cm³/mol. The second-order valence-corrected chi connectivity index (χ2v) is 9.81. The Morgan fingerprint density at radius 3 is 2.51 bits per heavy atom. The number of aryl methyl sites for hydroxylation is 1. The molecule has 0 fully saturated rings. The highest BCUT2D eigenvalue weighted by atomic mass is 19.2. The van der Waals surface area contributed by atoms with E-state index in [4.69, 9.17) is 12.2 Å². The van der Waals surface area contributed by atoms with E-state index < -0.39 is 11.6 Å². The highest BCUT2D eigenvalue weighted by Gasteiger charge is 2.22. The number of benzene rings is 2. The molecule has 0 bridgehead atoms. The van der Waals surface area contributed by atoms with Gasteiger partial charge in [-0.2, -0.15) is 0 Å². The third-order valence-corrected chi connectivity index (χ3v) is 6.71. The molecule has 0 amide bonds. The average molecular weight is 532 g/mol. The molecule has 1 heterocycles. The highest BCUT2D eigenvalue weighted by molar-refractivity contribution is 5.99. The number of amidine groups is 1. The topological polar surface area (TPSA) is 56.9 Å². The Morgan fingerprint density at radius 2 is 1.90 bits per heavy atom. The van der Waals surface area contributed by atoms with Crippen molar-refractivity contribution in [2.75, 3.05) is 25.0 Å². The van der Waals surface area contributed by atoms with Gasteiger partial charge in [-0.05, 0) is 55.5 Å². The van der Waals surface area contributed by atoms with Gasteiger partial charge in [0.1, 0.15) is 5.84 Å². The lowest BCUT2D eigenvalue weighted by atomic mass is 9.98. The molecule has 1 unspecified atom stereocenters. The van der Waals surface area contributed by atoms with Crippen LogP contribution >= 0.6 is 0 Å². The van der Waals surface area contributed by atoms with Crippen molar-refractivity contribution in [3.05, 3.63) is 89.4 Å². The summed E-state index contributed by atoms with van der Waals surface area (Å²) in [7, 11) is 0. The van der Waals surface area contributed by atoms with Gasteiger partial charge >= 0.3 is 0 Å². The summed E-state index contributed by atoms with van der Waals surface area (Å²) in [6, 6.07) is 9.23. The molecule has 0 radical (unpaired) electrons. The van der Waals surface area contributed by atoms with Crippen LogP contribution in [0, 0.1) is 36.8 Å². The largest absolute Gasteiger partial charge is 0.403 e. The van der Waals surface area contributed by atoms with Crippen LogP contribution < -0.4 is 11.1 Å². The molecule has 0 spiro atoms. The number of hydrogen-bond donors (Lipinski definition) is 2. The fourth-order valence-corrected chi connectivity index (χ4v) is 4.69. The van der Waals surface area contributed by atoms with E-state index in [9.17, 15) is 4.39 Å². The Balaban J connectivity index is 1.76. The molecule has 206 valence electrons. The summed E-state index contributed by atoms with van der Waals surface area (Å²) < 4.78 is 30.0. The fourth-order valence-electron chi connectivity index (χ4n) is 4.69. The first kappa shape index (κ1) is 29.5. The van der Waals surface area contributed by atoms with Crippen molar-refractivity contribution in [3.63, 3.8) is 0 Å². The Labute approximate surface area is 231 Å². The predicted octanol–water partition coefficient (Wildman–Crippen LogP) is 6.73. The van der Waals surface area contributed by atoms with Gasteiger partial charge in [0.25, 0.3) is 0 Å². The van der Waals surface area contributed by atoms with Gasteiger partial charge in [-0.15, -0.1) is 12.3 Å². The molecule has 0 saturated carbocycles.